The van der Waals surface area contributed by atoms with E-state index in [9.17, 15) is 10.1 Å². The minimum Gasteiger partial charge on any atom is -0.354 e. The highest BCUT2D eigenvalue weighted by Crippen LogP contribution is 2.47. The minimum absolute atomic E-state index is 0.0480. The average Bonchev–Trinajstić information content (AvgIpc) is 4.16. The van der Waals surface area contributed by atoms with Gasteiger partial charge in [-0.25, -0.2) is 15.0 Å². The molecule has 4 aromatic heterocycles. The molecule has 0 aliphatic carbocycles. The number of rotatable bonds is 5. The van der Waals surface area contributed by atoms with Gasteiger partial charge in [-0.05, 0) is 90.5 Å². The predicted octanol–water partition coefficient (Wildman–Crippen LogP) is 16.3. The molecule has 70 heavy (non-hydrogen) atoms. The molecule has 0 atom stereocenters. The molecule has 0 fully saturated rings. The van der Waals surface area contributed by atoms with Crippen molar-refractivity contribution in [1.82, 2.24) is 29.9 Å². The molecule has 0 saturated heterocycles. The maximum atomic E-state index is 13.6. The fourth-order valence-corrected chi connectivity index (χ4v) is 9.72. The standard InChI is InChI=1S/C61H61N7O2/c1-58(2,3)39-21-13-35(14-22-39)49-43-29-31-45(64-43)50(36-15-23-40(24-16-36)59(4,5)6)53-48(68(69)70)33-47(66-53)52(38-19-27-42(28-20-38)61(10,11)12)55-57-56(62-34-63-57)54(67-55)51(46-32-30-44(49)65-46)37-17-25-41(26-18-37)60(7,8)9/h13-34,65-66H,1-12H3,(H,62,63). The van der Waals surface area contributed by atoms with Crippen LogP contribution in [0.4, 0.5) is 5.69 Å². The zero-order valence-electron chi connectivity index (χ0n) is 42.3. The van der Waals surface area contributed by atoms with Gasteiger partial charge in [0.2, 0.25) is 0 Å². The Morgan fingerprint density at radius 1 is 0.443 bits per heavy atom. The summed E-state index contributed by atoms with van der Waals surface area (Å²) in [5.74, 6) is 0. The number of fused-ring (bicyclic) bond motifs is 11. The van der Waals surface area contributed by atoms with Gasteiger partial charge in [0.1, 0.15) is 16.9 Å². The van der Waals surface area contributed by atoms with E-state index < -0.39 is 0 Å². The molecular formula is C61H61N7O2. The summed E-state index contributed by atoms with van der Waals surface area (Å²) < 4.78 is 0. The smallest absolute Gasteiger partial charge is 0.295 e. The fourth-order valence-electron chi connectivity index (χ4n) is 9.72. The van der Waals surface area contributed by atoms with E-state index in [-0.39, 0.29) is 32.3 Å². The van der Waals surface area contributed by atoms with Crippen LogP contribution in [-0.2, 0) is 21.7 Å². The molecule has 0 spiro atoms. The van der Waals surface area contributed by atoms with Crippen molar-refractivity contribution in [3.63, 3.8) is 0 Å². The van der Waals surface area contributed by atoms with Crippen LogP contribution in [0.3, 0.4) is 0 Å². The number of hydrogen-bond acceptors (Lipinski definition) is 5. The minimum atomic E-state index is -0.297. The van der Waals surface area contributed by atoms with Gasteiger partial charge in [-0.15, -0.1) is 0 Å². The largest absolute Gasteiger partial charge is 0.354 e. The van der Waals surface area contributed by atoms with Gasteiger partial charge in [-0.3, -0.25) is 10.1 Å². The van der Waals surface area contributed by atoms with Crippen LogP contribution in [0.15, 0.2) is 122 Å². The maximum Gasteiger partial charge on any atom is 0.295 e. The molecule has 352 valence electrons. The van der Waals surface area contributed by atoms with E-state index in [1.165, 1.54) is 11.1 Å². The summed E-state index contributed by atoms with van der Waals surface area (Å²) in [5.41, 5.74) is 17.7. The van der Waals surface area contributed by atoms with E-state index in [0.717, 1.165) is 66.9 Å². The third-order valence-electron chi connectivity index (χ3n) is 13.8. The lowest BCUT2D eigenvalue weighted by molar-refractivity contribution is -0.382. The Bertz CT molecular complexity index is 3560. The first-order valence-electron chi connectivity index (χ1n) is 24.2. The lowest BCUT2D eigenvalue weighted by Gasteiger charge is -2.19. The van der Waals surface area contributed by atoms with Gasteiger partial charge in [-0.1, -0.05) is 180 Å². The third-order valence-corrected chi connectivity index (χ3v) is 13.8. The van der Waals surface area contributed by atoms with Gasteiger partial charge >= 0.3 is 0 Å². The molecule has 0 radical (unpaired) electrons. The van der Waals surface area contributed by atoms with E-state index in [1.807, 2.05) is 12.2 Å². The number of nitrogens with one attached hydrogen (secondary N) is 3. The number of aromatic amines is 3. The van der Waals surface area contributed by atoms with E-state index >= 15 is 0 Å². The van der Waals surface area contributed by atoms with E-state index in [2.05, 4.69) is 207 Å². The second-order valence-corrected chi connectivity index (χ2v) is 22.9. The lowest BCUT2D eigenvalue weighted by atomic mass is 9.86. The summed E-state index contributed by atoms with van der Waals surface area (Å²) in [5, 5.41) is 13.6. The van der Waals surface area contributed by atoms with Crippen LogP contribution in [0, 0.1) is 10.1 Å². The predicted molar refractivity (Wildman–Crippen MR) is 290 cm³/mol. The van der Waals surface area contributed by atoms with Crippen molar-refractivity contribution in [1.29, 1.82) is 0 Å². The van der Waals surface area contributed by atoms with Crippen molar-refractivity contribution in [3.8, 4) is 67.3 Å². The second kappa shape index (κ2) is 16.5. The molecule has 6 heterocycles. The van der Waals surface area contributed by atoms with Crippen molar-refractivity contribution in [2.45, 2.75) is 105 Å². The number of benzene rings is 4. The number of nitro groups is 1. The molecule has 4 aromatic carbocycles. The van der Waals surface area contributed by atoms with Crippen LogP contribution in [0.5, 0.6) is 0 Å². The first kappa shape index (κ1) is 46.1. The van der Waals surface area contributed by atoms with Crippen LogP contribution in [-0.4, -0.2) is 34.8 Å². The number of H-pyrrole nitrogens is 3. The summed E-state index contributed by atoms with van der Waals surface area (Å²) in [6.45, 7) is 26.4. The molecule has 9 heteroatoms. The molecule has 3 N–H and O–H groups in total. The normalized spacial score (nSPS) is 12.9. The van der Waals surface area contributed by atoms with Gasteiger partial charge in [0.15, 0.2) is 0 Å². The van der Waals surface area contributed by atoms with E-state index in [0.29, 0.717) is 44.9 Å². The zero-order valence-corrected chi connectivity index (χ0v) is 42.3. The van der Waals surface area contributed by atoms with Crippen LogP contribution in [0.1, 0.15) is 117 Å². The molecule has 2 aliphatic rings. The van der Waals surface area contributed by atoms with Crippen LogP contribution < -0.4 is 0 Å². The first-order chi connectivity index (χ1) is 33.0. The third kappa shape index (κ3) is 8.27. The maximum absolute atomic E-state index is 13.6. The molecule has 0 amide bonds. The summed E-state index contributed by atoms with van der Waals surface area (Å²) in [6.07, 6.45) is 5.72. The van der Waals surface area contributed by atoms with Gasteiger partial charge in [0.05, 0.1) is 39.5 Å². The molecule has 8 bridgehead atoms. The highest BCUT2D eigenvalue weighted by atomic mass is 16.6. The first-order valence-corrected chi connectivity index (χ1v) is 24.2. The van der Waals surface area contributed by atoms with Crippen molar-refractivity contribution in [3.05, 3.63) is 165 Å². The van der Waals surface area contributed by atoms with Crippen molar-refractivity contribution in [2.24, 2.45) is 0 Å². The molecule has 0 unspecified atom stereocenters. The summed E-state index contributed by atoms with van der Waals surface area (Å²) in [6, 6.07) is 40.1. The Labute approximate surface area is 410 Å². The zero-order chi connectivity index (χ0) is 49.7. The molecule has 9 nitrogen and oxygen atoms in total. The average molecular weight is 924 g/mol. The summed E-state index contributed by atoms with van der Waals surface area (Å²) >= 11 is 0. The van der Waals surface area contributed by atoms with Gasteiger partial charge in [0.25, 0.3) is 5.69 Å². The van der Waals surface area contributed by atoms with Crippen LogP contribution in [0.2, 0.25) is 0 Å². The van der Waals surface area contributed by atoms with Gasteiger partial charge < -0.3 is 15.0 Å². The van der Waals surface area contributed by atoms with Crippen molar-refractivity contribution in [2.75, 3.05) is 0 Å². The number of imidazole rings is 1. The Balaban J connectivity index is 1.42. The van der Waals surface area contributed by atoms with E-state index in [4.69, 9.17) is 15.0 Å². The molecule has 10 rings (SSSR count). The topological polar surface area (TPSA) is 129 Å². The Hall–Kier alpha value is -7.65. The number of nitrogens with zero attached hydrogens (tertiary/aromatic N) is 4. The molecule has 2 aliphatic heterocycles. The summed E-state index contributed by atoms with van der Waals surface area (Å²) in [4.78, 5) is 40.3. The SMILES string of the molecule is CC(C)(C)c1ccc(-c2c3nc(c(-c4ccc(C(C)(C)C)cc4)c4[nH]c(cc4[N+](=O)[O-])c(-c4ccc(C(C)(C)C)cc4)c4nc(c(-c5ccc(C(C)(C)C)cc5)c5ccc2[nH]5)-c2nc[nH]c2-4)C=C3)cc1. The van der Waals surface area contributed by atoms with Crippen LogP contribution >= 0.6 is 0 Å². The summed E-state index contributed by atoms with van der Waals surface area (Å²) in [7, 11) is 0. The van der Waals surface area contributed by atoms with Crippen molar-refractivity contribution >= 4 is 39.9 Å². The van der Waals surface area contributed by atoms with Gasteiger partial charge in [-0.2, -0.15) is 0 Å². The molecule has 8 aromatic rings. The Morgan fingerprint density at radius 3 is 1.29 bits per heavy atom. The Morgan fingerprint density at radius 2 is 0.843 bits per heavy atom. The van der Waals surface area contributed by atoms with Crippen molar-refractivity contribution < 1.29 is 4.92 Å². The van der Waals surface area contributed by atoms with E-state index in [1.54, 1.807) is 12.4 Å². The fraction of sp³-hybridized carbons (Fsp3) is 0.262. The quantitative estimate of drug-likeness (QED) is 0.117. The monoisotopic (exact) mass is 923 g/mol. The number of aromatic nitrogens is 6. The molecule has 0 saturated carbocycles. The Kier molecular flexibility index (Phi) is 10.9. The van der Waals surface area contributed by atoms with Gasteiger partial charge in [0, 0.05) is 39.4 Å². The second-order valence-electron chi connectivity index (χ2n) is 22.9. The molecular weight excluding hydrogens is 863 g/mol. The highest BCUT2D eigenvalue weighted by Gasteiger charge is 2.30. The number of hydrogen-bond donors (Lipinski definition) is 3. The van der Waals surface area contributed by atoms with Crippen LogP contribution in [0.25, 0.3) is 102 Å². The highest BCUT2D eigenvalue weighted by molar-refractivity contribution is 6.05. The lowest BCUT2D eigenvalue weighted by Crippen LogP contribution is -2.10.